The summed E-state index contributed by atoms with van der Waals surface area (Å²) in [5.41, 5.74) is 0.814. The number of hydrogen-bond donors (Lipinski definition) is 2. The minimum Gasteiger partial charge on any atom is -0.423 e. The fourth-order valence-corrected chi connectivity index (χ4v) is 2.97. The number of hydrogen-bond acceptors (Lipinski definition) is 4. The van der Waals surface area contributed by atoms with Crippen LogP contribution in [-0.2, 0) is 6.54 Å². The predicted octanol–water partition coefficient (Wildman–Crippen LogP) is 0.444. The second-order valence-electron chi connectivity index (χ2n) is 4.47. The van der Waals surface area contributed by atoms with Crippen LogP contribution in [0.1, 0.15) is 12.0 Å². The van der Waals surface area contributed by atoms with Gasteiger partial charge in [0.1, 0.15) is 5.82 Å². The van der Waals surface area contributed by atoms with E-state index < -0.39 is 7.12 Å². The van der Waals surface area contributed by atoms with Crippen LogP contribution in [-0.4, -0.2) is 46.7 Å². The van der Waals surface area contributed by atoms with Crippen molar-refractivity contribution in [1.82, 2.24) is 4.90 Å². The molecule has 1 heterocycles. The van der Waals surface area contributed by atoms with Crippen LogP contribution in [0.4, 0.5) is 4.39 Å². The van der Waals surface area contributed by atoms with Gasteiger partial charge in [0.25, 0.3) is 0 Å². The van der Waals surface area contributed by atoms with Gasteiger partial charge in [-0.1, -0.05) is 12.1 Å². The van der Waals surface area contributed by atoms with Gasteiger partial charge < -0.3 is 10.0 Å². The van der Waals surface area contributed by atoms with Crippen LogP contribution >= 0.6 is 11.8 Å². The molecule has 1 aliphatic rings. The summed E-state index contributed by atoms with van der Waals surface area (Å²) >= 11 is 1.94. The van der Waals surface area contributed by atoms with E-state index in [0.717, 1.165) is 25.3 Å². The number of nitrogens with zero attached hydrogens (tertiary/aromatic N) is 1. The predicted molar refractivity (Wildman–Crippen MR) is 73.4 cm³/mol. The third-order valence-electron chi connectivity index (χ3n) is 3.08. The Morgan fingerprint density at radius 1 is 1.28 bits per heavy atom. The van der Waals surface area contributed by atoms with E-state index in [-0.39, 0.29) is 11.3 Å². The zero-order valence-electron chi connectivity index (χ0n) is 10.2. The molecule has 6 heteroatoms. The maximum atomic E-state index is 13.8. The van der Waals surface area contributed by atoms with Gasteiger partial charge in [0, 0.05) is 24.4 Å². The lowest BCUT2D eigenvalue weighted by atomic mass is 9.80. The standard InChI is InChI=1S/C12H17BFNO2S/c14-12-8-11(13(16)17)3-2-10(12)9-15-4-1-6-18-7-5-15/h2-3,8,16-17H,1,4-7,9H2. The lowest BCUT2D eigenvalue weighted by Gasteiger charge is -2.19. The quantitative estimate of drug-likeness (QED) is 0.782. The van der Waals surface area contributed by atoms with E-state index in [1.165, 1.54) is 11.8 Å². The van der Waals surface area contributed by atoms with Crippen molar-refractivity contribution >= 4 is 24.3 Å². The molecule has 2 rings (SSSR count). The largest absolute Gasteiger partial charge is 0.488 e. The first kappa shape index (κ1) is 13.9. The van der Waals surface area contributed by atoms with Crippen LogP contribution in [0.3, 0.4) is 0 Å². The van der Waals surface area contributed by atoms with Crippen molar-refractivity contribution in [3.05, 3.63) is 29.6 Å². The summed E-state index contributed by atoms with van der Waals surface area (Å²) < 4.78 is 13.8. The molecular formula is C12H17BFNO2S. The highest BCUT2D eigenvalue weighted by atomic mass is 32.2. The summed E-state index contributed by atoms with van der Waals surface area (Å²) in [6.07, 6.45) is 1.14. The van der Waals surface area contributed by atoms with E-state index in [9.17, 15) is 4.39 Å². The Balaban J connectivity index is 2.04. The van der Waals surface area contributed by atoms with Crippen LogP contribution in [0.15, 0.2) is 18.2 Å². The molecule has 0 spiro atoms. The lowest BCUT2D eigenvalue weighted by Crippen LogP contribution is -2.31. The molecule has 0 saturated carbocycles. The summed E-state index contributed by atoms with van der Waals surface area (Å²) in [4.78, 5) is 2.24. The molecule has 1 saturated heterocycles. The Labute approximate surface area is 111 Å². The molecule has 0 radical (unpaired) electrons. The molecule has 18 heavy (non-hydrogen) atoms. The number of thioether (sulfide) groups is 1. The van der Waals surface area contributed by atoms with Crippen molar-refractivity contribution in [2.45, 2.75) is 13.0 Å². The summed E-state index contributed by atoms with van der Waals surface area (Å²) in [5, 5.41) is 17.9. The zero-order valence-corrected chi connectivity index (χ0v) is 11.0. The minimum atomic E-state index is -1.61. The minimum absolute atomic E-state index is 0.197. The molecule has 0 aliphatic carbocycles. The average molecular weight is 269 g/mol. The Kier molecular flexibility index (Phi) is 5.06. The molecule has 98 valence electrons. The lowest BCUT2D eigenvalue weighted by molar-refractivity contribution is 0.283. The maximum absolute atomic E-state index is 13.8. The second-order valence-corrected chi connectivity index (χ2v) is 5.69. The second kappa shape index (κ2) is 6.56. The smallest absolute Gasteiger partial charge is 0.423 e. The molecular weight excluding hydrogens is 252 g/mol. The molecule has 1 fully saturated rings. The molecule has 1 aromatic rings. The molecule has 3 nitrogen and oxygen atoms in total. The van der Waals surface area contributed by atoms with Crippen molar-refractivity contribution in [1.29, 1.82) is 0 Å². The van der Waals surface area contributed by atoms with Crippen LogP contribution in [0.2, 0.25) is 0 Å². The number of halogens is 1. The Hall–Kier alpha value is -0.555. The third-order valence-corrected chi connectivity index (χ3v) is 4.13. The molecule has 0 atom stereocenters. The van der Waals surface area contributed by atoms with Gasteiger partial charge in [-0.2, -0.15) is 11.8 Å². The van der Waals surface area contributed by atoms with Crippen molar-refractivity contribution in [2.75, 3.05) is 24.6 Å². The van der Waals surface area contributed by atoms with Gasteiger partial charge in [0.15, 0.2) is 0 Å². The van der Waals surface area contributed by atoms with Gasteiger partial charge in [0.2, 0.25) is 0 Å². The van der Waals surface area contributed by atoms with Gasteiger partial charge in [-0.3, -0.25) is 4.90 Å². The summed E-state index contributed by atoms with van der Waals surface area (Å²) in [7, 11) is -1.61. The number of rotatable bonds is 3. The normalized spacial score (nSPS) is 17.5. The highest BCUT2D eigenvalue weighted by molar-refractivity contribution is 7.99. The number of benzene rings is 1. The van der Waals surface area contributed by atoms with E-state index in [0.29, 0.717) is 12.1 Å². The fraction of sp³-hybridized carbons (Fsp3) is 0.500. The topological polar surface area (TPSA) is 43.7 Å². The average Bonchev–Trinajstić information content (AvgIpc) is 2.60. The molecule has 2 N–H and O–H groups in total. The van der Waals surface area contributed by atoms with Crippen molar-refractivity contribution in [2.24, 2.45) is 0 Å². The van der Waals surface area contributed by atoms with Crippen LogP contribution in [0.25, 0.3) is 0 Å². The van der Waals surface area contributed by atoms with Crippen molar-refractivity contribution in [3.8, 4) is 0 Å². The highest BCUT2D eigenvalue weighted by Crippen LogP contribution is 2.14. The summed E-state index contributed by atoms with van der Waals surface area (Å²) in [5.74, 6) is 1.90. The SMILES string of the molecule is OB(O)c1ccc(CN2CCCSCC2)c(F)c1. The molecule has 0 unspecified atom stereocenters. The van der Waals surface area contributed by atoms with E-state index in [4.69, 9.17) is 10.0 Å². The fourth-order valence-electron chi connectivity index (χ4n) is 2.05. The molecule has 0 bridgehead atoms. The zero-order chi connectivity index (χ0) is 13.0. The molecule has 0 aromatic heterocycles. The van der Waals surface area contributed by atoms with E-state index in [2.05, 4.69) is 4.90 Å². The summed E-state index contributed by atoms with van der Waals surface area (Å²) in [6.45, 7) is 2.57. The van der Waals surface area contributed by atoms with Gasteiger partial charge >= 0.3 is 7.12 Å². The molecule has 0 amide bonds. The maximum Gasteiger partial charge on any atom is 0.488 e. The van der Waals surface area contributed by atoms with Gasteiger partial charge in [-0.05, 0) is 30.2 Å². The van der Waals surface area contributed by atoms with Crippen LogP contribution in [0, 0.1) is 5.82 Å². The Morgan fingerprint density at radius 2 is 2.11 bits per heavy atom. The van der Waals surface area contributed by atoms with Crippen molar-refractivity contribution < 1.29 is 14.4 Å². The first-order valence-corrected chi connectivity index (χ1v) is 7.27. The first-order valence-electron chi connectivity index (χ1n) is 6.11. The van der Waals surface area contributed by atoms with Crippen LogP contribution < -0.4 is 5.46 Å². The monoisotopic (exact) mass is 269 g/mol. The Morgan fingerprint density at radius 3 is 2.83 bits per heavy atom. The van der Waals surface area contributed by atoms with Gasteiger partial charge in [-0.15, -0.1) is 0 Å². The van der Waals surface area contributed by atoms with E-state index in [1.807, 2.05) is 11.8 Å². The highest BCUT2D eigenvalue weighted by Gasteiger charge is 2.16. The first-order chi connectivity index (χ1) is 8.66. The Bertz CT molecular complexity index is 398. The molecule has 1 aromatic carbocycles. The third kappa shape index (κ3) is 3.72. The summed E-state index contributed by atoms with van der Waals surface area (Å²) in [6, 6.07) is 4.41. The van der Waals surface area contributed by atoms with Crippen LogP contribution in [0.5, 0.6) is 0 Å². The van der Waals surface area contributed by atoms with Gasteiger partial charge in [0.05, 0.1) is 0 Å². The van der Waals surface area contributed by atoms with E-state index >= 15 is 0 Å². The van der Waals surface area contributed by atoms with E-state index in [1.54, 1.807) is 12.1 Å². The van der Waals surface area contributed by atoms with Gasteiger partial charge in [-0.25, -0.2) is 4.39 Å². The molecule has 1 aliphatic heterocycles. The van der Waals surface area contributed by atoms with Crippen molar-refractivity contribution in [3.63, 3.8) is 0 Å².